The molecule has 5 nitrogen and oxygen atoms in total. The van der Waals surface area contributed by atoms with Crippen LogP contribution in [0.1, 0.15) is 15.9 Å². The zero-order valence-corrected chi connectivity index (χ0v) is 14.3. The Morgan fingerprint density at radius 2 is 1.96 bits per heavy atom. The van der Waals surface area contributed by atoms with Gasteiger partial charge < -0.3 is 20.1 Å². The number of nitrogens with one attached hydrogen (secondary N) is 1. The van der Waals surface area contributed by atoms with E-state index < -0.39 is 6.10 Å². The molecule has 2 rings (SSSR count). The maximum Gasteiger partial charge on any atom is 0.251 e. The van der Waals surface area contributed by atoms with Gasteiger partial charge in [0.25, 0.3) is 5.91 Å². The zero-order valence-electron chi connectivity index (χ0n) is 14.3. The van der Waals surface area contributed by atoms with E-state index in [9.17, 15) is 9.90 Å². The first-order valence-electron chi connectivity index (χ1n) is 7.89. The monoisotopic (exact) mass is 328 g/mol. The Hall–Kier alpha value is -2.53. The van der Waals surface area contributed by atoms with E-state index in [-0.39, 0.29) is 19.1 Å². The van der Waals surface area contributed by atoms with Crippen LogP contribution < -0.4 is 15.0 Å². The van der Waals surface area contributed by atoms with Crippen molar-refractivity contribution in [3.05, 3.63) is 59.7 Å². The number of aliphatic hydroxyl groups is 1. The first-order valence-corrected chi connectivity index (χ1v) is 7.89. The lowest BCUT2D eigenvalue weighted by Gasteiger charge is -2.15. The van der Waals surface area contributed by atoms with Crippen LogP contribution in [0.5, 0.6) is 5.75 Å². The highest BCUT2D eigenvalue weighted by atomic mass is 16.5. The van der Waals surface area contributed by atoms with Crippen molar-refractivity contribution in [3.63, 3.8) is 0 Å². The number of benzene rings is 2. The van der Waals surface area contributed by atoms with Crippen LogP contribution in [0.2, 0.25) is 0 Å². The summed E-state index contributed by atoms with van der Waals surface area (Å²) in [6.07, 6.45) is -0.772. The van der Waals surface area contributed by atoms with Crippen molar-refractivity contribution in [2.45, 2.75) is 13.0 Å². The van der Waals surface area contributed by atoms with E-state index in [1.165, 1.54) is 0 Å². The quantitative estimate of drug-likeness (QED) is 0.818. The SMILES string of the molecule is Cc1cccc(OCC(O)CNC(=O)c2cccc(N(C)C)c2)c1. The first-order chi connectivity index (χ1) is 11.5. The van der Waals surface area contributed by atoms with Crippen LogP contribution in [0.4, 0.5) is 5.69 Å². The molecule has 128 valence electrons. The van der Waals surface area contributed by atoms with Crippen LogP contribution in [0.25, 0.3) is 0 Å². The Morgan fingerprint density at radius 3 is 2.67 bits per heavy atom. The summed E-state index contributed by atoms with van der Waals surface area (Å²) < 4.78 is 5.53. The van der Waals surface area contributed by atoms with Gasteiger partial charge in [-0.3, -0.25) is 4.79 Å². The maximum atomic E-state index is 12.2. The van der Waals surface area contributed by atoms with Crippen LogP contribution in [-0.2, 0) is 0 Å². The van der Waals surface area contributed by atoms with Gasteiger partial charge in [0.2, 0.25) is 0 Å². The molecule has 0 saturated heterocycles. The van der Waals surface area contributed by atoms with Crippen molar-refractivity contribution in [2.24, 2.45) is 0 Å². The smallest absolute Gasteiger partial charge is 0.251 e. The average molecular weight is 328 g/mol. The Morgan fingerprint density at radius 1 is 1.21 bits per heavy atom. The zero-order chi connectivity index (χ0) is 17.5. The van der Waals surface area contributed by atoms with E-state index in [2.05, 4.69) is 5.32 Å². The molecular weight excluding hydrogens is 304 g/mol. The minimum atomic E-state index is -0.772. The number of aliphatic hydroxyl groups excluding tert-OH is 1. The lowest BCUT2D eigenvalue weighted by Crippen LogP contribution is -2.35. The summed E-state index contributed by atoms with van der Waals surface area (Å²) in [5, 5.41) is 12.7. The van der Waals surface area contributed by atoms with E-state index in [1.54, 1.807) is 6.07 Å². The van der Waals surface area contributed by atoms with Crippen molar-refractivity contribution in [2.75, 3.05) is 32.1 Å². The molecule has 2 aromatic carbocycles. The van der Waals surface area contributed by atoms with E-state index in [1.807, 2.05) is 68.4 Å². The number of carbonyl (C=O) groups excluding carboxylic acids is 1. The number of ether oxygens (including phenoxy) is 1. The standard InChI is InChI=1S/C19H24N2O3/c1-14-6-4-9-18(10-14)24-13-17(22)12-20-19(23)15-7-5-8-16(11-15)21(2)3/h4-11,17,22H,12-13H2,1-3H3,(H,20,23). The van der Waals surface area contributed by atoms with Crippen LogP contribution >= 0.6 is 0 Å². The summed E-state index contributed by atoms with van der Waals surface area (Å²) in [5.74, 6) is 0.493. The predicted octanol–water partition coefficient (Wildman–Crippen LogP) is 2.23. The van der Waals surface area contributed by atoms with Crippen molar-refractivity contribution >= 4 is 11.6 Å². The van der Waals surface area contributed by atoms with Crippen LogP contribution in [-0.4, -0.2) is 44.4 Å². The molecule has 5 heteroatoms. The molecule has 0 aliphatic rings. The third-order valence-electron chi connectivity index (χ3n) is 3.55. The fourth-order valence-corrected chi connectivity index (χ4v) is 2.19. The number of hydrogen-bond donors (Lipinski definition) is 2. The molecule has 1 atom stereocenters. The fourth-order valence-electron chi connectivity index (χ4n) is 2.19. The molecule has 0 aliphatic carbocycles. The minimum Gasteiger partial charge on any atom is -0.491 e. The predicted molar refractivity (Wildman–Crippen MR) is 95.8 cm³/mol. The van der Waals surface area contributed by atoms with Crippen LogP contribution in [0, 0.1) is 6.92 Å². The minimum absolute atomic E-state index is 0.126. The van der Waals surface area contributed by atoms with Crippen molar-refractivity contribution < 1.29 is 14.6 Å². The molecular formula is C19H24N2O3. The largest absolute Gasteiger partial charge is 0.491 e. The van der Waals surface area contributed by atoms with Gasteiger partial charge in [0, 0.05) is 31.9 Å². The summed E-state index contributed by atoms with van der Waals surface area (Å²) in [5.41, 5.74) is 2.61. The van der Waals surface area contributed by atoms with Gasteiger partial charge in [0.15, 0.2) is 0 Å². The molecule has 0 saturated carbocycles. The summed E-state index contributed by atoms with van der Waals surface area (Å²) in [4.78, 5) is 14.1. The Bertz CT molecular complexity index is 686. The van der Waals surface area contributed by atoms with Gasteiger partial charge in [0.1, 0.15) is 18.5 Å². The molecule has 0 aliphatic heterocycles. The van der Waals surface area contributed by atoms with Crippen molar-refractivity contribution in [3.8, 4) is 5.75 Å². The van der Waals surface area contributed by atoms with Gasteiger partial charge in [-0.25, -0.2) is 0 Å². The third kappa shape index (κ3) is 5.28. The summed E-state index contributed by atoms with van der Waals surface area (Å²) in [6.45, 7) is 2.24. The highest BCUT2D eigenvalue weighted by Crippen LogP contribution is 2.14. The van der Waals surface area contributed by atoms with Gasteiger partial charge in [-0.05, 0) is 42.8 Å². The number of nitrogens with zero attached hydrogens (tertiary/aromatic N) is 1. The van der Waals surface area contributed by atoms with E-state index in [0.29, 0.717) is 11.3 Å². The van der Waals surface area contributed by atoms with E-state index in [0.717, 1.165) is 11.3 Å². The molecule has 0 fully saturated rings. The molecule has 1 amide bonds. The lowest BCUT2D eigenvalue weighted by atomic mass is 10.2. The van der Waals surface area contributed by atoms with Crippen LogP contribution in [0.15, 0.2) is 48.5 Å². The van der Waals surface area contributed by atoms with Gasteiger partial charge in [-0.2, -0.15) is 0 Å². The normalized spacial score (nSPS) is 11.7. The van der Waals surface area contributed by atoms with Gasteiger partial charge >= 0.3 is 0 Å². The number of rotatable bonds is 7. The third-order valence-corrected chi connectivity index (χ3v) is 3.55. The Kier molecular flexibility index (Phi) is 6.21. The second kappa shape index (κ2) is 8.36. The van der Waals surface area contributed by atoms with Gasteiger partial charge in [-0.1, -0.05) is 18.2 Å². The number of hydrogen-bond acceptors (Lipinski definition) is 4. The maximum absolute atomic E-state index is 12.2. The molecule has 24 heavy (non-hydrogen) atoms. The van der Waals surface area contributed by atoms with E-state index >= 15 is 0 Å². The highest BCUT2D eigenvalue weighted by Gasteiger charge is 2.11. The highest BCUT2D eigenvalue weighted by molar-refractivity contribution is 5.95. The molecule has 0 aromatic heterocycles. The molecule has 2 aromatic rings. The van der Waals surface area contributed by atoms with Gasteiger partial charge in [-0.15, -0.1) is 0 Å². The second-order valence-electron chi connectivity index (χ2n) is 5.94. The second-order valence-corrected chi connectivity index (χ2v) is 5.94. The number of anilines is 1. The number of amides is 1. The molecule has 0 heterocycles. The number of aryl methyl sites for hydroxylation is 1. The molecule has 0 spiro atoms. The molecule has 0 radical (unpaired) electrons. The van der Waals surface area contributed by atoms with Gasteiger partial charge in [0.05, 0.1) is 0 Å². The lowest BCUT2D eigenvalue weighted by molar-refractivity contribution is 0.0843. The Balaban J connectivity index is 1.81. The topological polar surface area (TPSA) is 61.8 Å². The Labute approximate surface area is 142 Å². The molecule has 1 unspecified atom stereocenters. The number of carbonyl (C=O) groups is 1. The summed E-state index contributed by atoms with van der Waals surface area (Å²) in [6, 6.07) is 14.9. The summed E-state index contributed by atoms with van der Waals surface area (Å²) >= 11 is 0. The average Bonchev–Trinajstić information content (AvgIpc) is 2.58. The summed E-state index contributed by atoms with van der Waals surface area (Å²) in [7, 11) is 3.84. The first kappa shape index (κ1) is 17.8. The van der Waals surface area contributed by atoms with E-state index in [4.69, 9.17) is 4.74 Å². The fraction of sp³-hybridized carbons (Fsp3) is 0.316. The van der Waals surface area contributed by atoms with Crippen molar-refractivity contribution in [1.29, 1.82) is 0 Å². The van der Waals surface area contributed by atoms with Crippen molar-refractivity contribution in [1.82, 2.24) is 5.32 Å². The molecule has 0 bridgehead atoms. The molecule has 2 N–H and O–H groups in total. The van der Waals surface area contributed by atoms with Crippen LogP contribution in [0.3, 0.4) is 0 Å².